The molecule has 1 fully saturated rings. The standard InChI is InChI=1S/C15H22ClNO3S/c1-3-12-4-6-17(7-5-12)21(19,20)15-9-14(16)8-13(10-18)11(15)2/h8-9,12,18H,3-7,10H2,1-2H3. The molecule has 0 radical (unpaired) electrons. The van der Waals surface area contributed by atoms with Gasteiger partial charge in [-0.1, -0.05) is 24.9 Å². The van der Waals surface area contributed by atoms with Crippen molar-refractivity contribution in [3.05, 3.63) is 28.3 Å². The van der Waals surface area contributed by atoms with Gasteiger partial charge in [0.25, 0.3) is 0 Å². The number of benzene rings is 1. The Hall–Kier alpha value is -0.620. The maximum atomic E-state index is 12.8. The highest BCUT2D eigenvalue weighted by Gasteiger charge is 2.30. The van der Waals surface area contributed by atoms with Crippen LogP contribution in [0.1, 0.15) is 37.3 Å². The fourth-order valence-corrected chi connectivity index (χ4v) is 4.91. The number of aliphatic hydroxyl groups is 1. The van der Waals surface area contributed by atoms with Crippen molar-refractivity contribution >= 4 is 21.6 Å². The molecule has 21 heavy (non-hydrogen) atoms. The van der Waals surface area contributed by atoms with Crippen LogP contribution in [-0.2, 0) is 16.6 Å². The summed E-state index contributed by atoms with van der Waals surface area (Å²) in [6.45, 7) is 4.76. The molecule has 0 aliphatic carbocycles. The van der Waals surface area contributed by atoms with Crippen LogP contribution in [-0.4, -0.2) is 30.9 Å². The van der Waals surface area contributed by atoms with Crippen molar-refractivity contribution in [3.8, 4) is 0 Å². The Labute approximate surface area is 131 Å². The molecule has 118 valence electrons. The fraction of sp³-hybridized carbons (Fsp3) is 0.600. The number of piperidine rings is 1. The zero-order valence-corrected chi connectivity index (χ0v) is 14.0. The van der Waals surface area contributed by atoms with Crippen molar-refractivity contribution in [2.45, 2.75) is 44.6 Å². The zero-order valence-electron chi connectivity index (χ0n) is 12.5. The topological polar surface area (TPSA) is 57.6 Å². The van der Waals surface area contributed by atoms with Gasteiger partial charge in [-0.05, 0) is 48.9 Å². The van der Waals surface area contributed by atoms with Gasteiger partial charge in [0, 0.05) is 18.1 Å². The Morgan fingerprint density at radius 1 is 1.33 bits per heavy atom. The predicted octanol–water partition coefficient (Wildman–Crippen LogP) is 2.95. The molecule has 0 saturated carbocycles. The second-order valence-electron chi connectivity index (χ2n) is 5.60. The van der Waals surface area contributed by atoms with Crippen molar-refractivity contribution in [1.82, 2.24) is 4.31 Å². The van der Waals surface area contributed by atoms with Crippen LogP contribution in [0.15, 0.2) is 17.0 Å². The van der Waals surface area contributed by atoms with Gasteiger partial charge in [0.05, 0.1) is 11.5 Å². The summed E-state index contributed by atoms with van der Waals surface area (Å²) in [6, 6.07) is 3.09. The highest BCUT2D eigenvalue weighted by atomic mass is 35.5. The minimum absolute atomic E-state index is 0.215. The Morgan fingerprint density at radius 3 is 2.48 bits per heavy atom. The molecular formula is C15H22ClNO3S. The van der Waals surface area contributed by atoms with Gasteiger partial charge in [-0.25, -0.2) is 8.42 Å². The van der Waals surface area contributed by atoms with E-state index in [9.17, 15) is 13.5 Å². The second-order valence-corrected chi connectivity index (χ2v) is 7.94. The first-order chi connectivity index (χ1) is 9.90. The van der Waals surface area contributed by atoms with E-state index in [4.69, 9.17) is 11.6 Å². The van der Waals surface area contributed by atoms with Crippen LogP contribution in [0.2, 0.25) is 5.02 Å². The van der Waals surface area contributed by atoms with Crippen LogP contribution < -0.4 is 0 Å². The molecule has 0 spiro atoms. The Bertz CT molecular complexity index is 608. The molecule has 2 rings (SSSR count). The van der Waals surface area contributed by atoms with E-state index in [2.05, 4.69) is 6.92 Å². The normalized spacial score (nSPS) is 18.1. The molecule has 0 unspecified atom stereocenters. The highest BCUT2D eigenvalue weighted by molar-refractivity contribution is 7.89. The van der Waals surface area contributed by atoms with Crippen LogP contribution in [0.3, 0.4) is 0 Å². The number of sulfonamides is 1. The summed E-state index contributed by atoms with van der Waals surface area (Å²) in [7, 11) is -3.54. The maximum Gasteiger partial charge on any atom is 0.243 e. The molecule has 0 amide bonds. The Morgan fingerprint density at radius 2 is 1.95 bits per heavy atom. The molecule has 0 aromatic heterocycles. The molecule has 4 nitrogen and oxygen atoms in total. The van der Waals surface area contributed by atoms with Gasteiger partial charge in [0.1, 0.15) is 0 Å². The van der Waals surface area contributed by atoms with E-state index in [1.54, 1.807) is 17.3 Å². The van der Waals surface area contributed by atoms with Gasteiger partial charge < -0.3 is 5.11 Å². The Balaban J connectivity index is 2.34. The average Bonchev–Trinajstić information content (AvgIpc) is 2.49. The number of nitrogens with zero attached hydrogens (tertiary/aromatic N) is 1. The summed E-state index contributed by atoms with van der Waals surface area (Å²) < 4.78 is 27.2. The molecule has 1 aliphatic rings. The average molecular weight is 332 g/mol. The molecule has 1 aliphatic heterocycles. The lowest BCUT2D eigenvalue weighted by Crippen LogP contribution is -2.38. The van der Waals surface area contributed by atoms with E-state index in [-0.39, 0.29) is 11.5 Å². The minimum atomic E-state index is -3.54. The molecule has 0 bridgehead atoms. The predicted molar refractivity (Wildman–Crippen MR) is 83.9 cm³/mol. The summed E-state index contributed by atoms with van der Waals surface area (Å²) in [5.41, 5.74) is 1.14. The first kappa shape index (κ1) is 16.7. The van der Waals surface area contributed by atoms with E-state index in [0.717, 1.165) is 19.3 Å². The van der Waals surface area contributed by atoms with Crippen LogP contribution >= 0.6 is 11.6 Å². The van der Waals surface area contributed by atoms with Gasteiger partial charge in [-0.3, -0.25) is 0 Å². The molecule has 6 heteroatoms. The third-order valence-electron chi connectivity index (χ3n) is 4.37. The van der Waals surface area contributed by atoms with Crippen LogP contribution in [0.5, 0.6) is 0 Å². The quantitative estimate of drug-likeness (QED) is 0.922. The van der Waals surface area contributed by atoms with Crippen LogP contribution in [0.25, 0.3) is 0 Å². The molecule has 1 heterocycles. The van der Waals surface area contributed by atoms with Gasteiger partial charge in [-0.2, -0.15) is 4.31 Å². The third kappa shape index (κ3) is 3.42. The number of hydrogen-bond acceptors (Lipinski definition) is 3. The monoisotopic (exact) mass is 331 g/mol. The first-order valence-corrected chi connectivity index (χ1v) is 9.12. The van der Waals surface area contributed by atoms with Gasteiger partial charge >= 0.3 is 0 Å². The fourth-order valence-electron chi connectivity index (χ4n) is 2.84. The second kappa shape index (κ2) is 6.65. The summed E-state index contributed by atoms with van der Waals surface area (Å²) in [5.74, 6) is 0.616. The van der Waals surface area contributed by atoms with Gasteiger partial charge in [-0.15, -0.1) is 0 Å². The highest BCUT2D eigenvalue weighted by Crippen LogP contribution is 2.30. The van der Waals surface area contributed by atoms with Crippen molar-refractivity contribution in [1.29, 1.82) is 0 Å². The zero-order chi connectivity index (χ0) is 15.6. The molecule has 1 aromatic rings. The maximum absolute atomic E-state index is 12.8. The van der Waals surface area contributed by atoms with E-state index in [1.165, 1.54) is 6.07 Å². The first-order valence-electron chi connectivity index (χ1n) is 7.30. The molecule has 1 saturated heterocycles. The molecule has 1 aromatic carbocycles. The van der Waals surface area contributed by atoms with Crippen LogP contribution in [0.4, 0.5) is 0 Å². The lowest BCUT2D eigenvalue weighted by Gasteiger charge is -2.31. The van der Waals surface area contributed by atoms with Gasteiger partial charge in [0.2, 0.25) is 10.0 Å². The molecule has 0 atom stereocenters. The van der Waals surface area contributed by atoms with E-state index < -0.39 is 10.0 Å². The van der Waals surface area contributed by atoms with Crippen molar-refractivity contribution < 1.29 is 13.5 Å². The third-order valence-corrected chi connectivity index (χ3v) is 6.61. The number of rotatable bonds is 4. The van der Waals surface area contributed by atoms with E-state index in [1.807, 2.05) is 0 Å². The van der Waals surface area contributed by atoms with E-state index in [0.29, 0.717) is 35.2 Å². The lowest BCUT2D eigenvalue weighted by molar-refractivity contribution is 0.268. The van der Waals surface area contributed by atoms with Gasteiger partial charge in [0.15, 0.2) is 0 Å². The number of hydrogen-bond donors (Lipinski definition) is 1. The summed E-state index contributed by atoms with van der Waals surface area (Å²) >= 11 is 6.00. The van der Waals surface area contributed by atoms with Crippen molar-refractivity contribution in [2.75, 3.05) is 13.1 Å². The van der Waals surface area contributed by atoms with Crippen molar-refractivity contribution in [3.63, 3.8) is 0 Å². The summed E-state index contributed by atoms with van der Waals surface area (Å²) in [6.07, 6.45) is 2.91. The van der Waals surface area contributed by atoms with Crippen molar-refractivity contribution in [2.24, 2.45) is 5.92 Å². The van der Waals surface area contributed by atoms with E-state index >= 15 is 0 Å². The van der Waals surface area contributed by atoms with Crippen LogP contribution in [0, 0.1) is 12.8 Å². The smallest absolute Gasteiger partial charge is 0.243 e. The SMILES string of the molecule is CCC1CCN(S(=O)(=O)c2cc(Cl)cc(CO)c2C)CC1. The minimum Gasteiger partial charge on any atom is -0.392 e. The molecular weight excluding hydrogens is 310 g/mol. The lowest BCUT2D eigenvalue weighted by atomic mass is 9.96. The summed E-state index contributed by atoms with van der Waals surface area (Å²) in [5, 5.41) is 9.68. The largest absolute Gasteiger partial charge is 0.392 e. The Kier molecular flexibility index (Phi) is 5.30. The summed E-state index contributed by atoms with van der Waals surface area (Å²) in [4.78, 5) is 0.217. The number of halogens is 1. The number of aliphatic hydroxyl groups excluding tert-OH is 1. The molecule has 1 N–H and O–H groups in total.